The number of halogens is 1. The van der Waals surface area contributed by atoms with E-state index in [2.05, 4.69) is 91.0 Å². The van der Waals surface area contributed by atoms with Crippen molar-refractivity contribution in [1.82, 2.24) is 0 Å². The average Bonchev–Trinajstić information content (AvgIpc) is 2.70. The molecule has 0 aliphatic carbocycles. The Labute approximate surface area is 172 Å². The van der Waals surface area contributed by atoms with Gasteiger partial charge in [-0.2, -0.15) is 0 Å². The van der Waals surface area contributed by atoms with Crippen molar-refractivity contribution in [1.29, 1.82) is 0 Å². The predicted octanol–water partition coefficient (Wildman–Crippen LogP) is 1.24. The van der Waals surface area contributed by atoms with E-state index in [1.54, 1.807) is 0 Å². The minimum absolute atomic E-state index is 0. The van der Waals surface area contributed by atoms with Crippen molar-refractivity contribution in [3.05, 3.63) is 91.0 Å². The molecule has 2 nitrogen and oxygen atoms in total. The summed E-state index contributed by atoms with van der Waals surface area (Å²) in [4.78, 5) is 10.9. The Balaban J connectivity index is 0.00000261. The summed E-state index contributed by atoms with van der Waals surface area (Å²) in [5, 5.41) is 13.1. The monoisotopic (exact) mass is 442 g/mol. The van der Waals surface area contributed by atoms with Crippen molar-refractivity contribution in [3.63, 3.8) is 0 Å². The molecule has 0 saturated heterocycles. The van der Waals surface area contributed by atoms with Gasteiger partial charge in [-0.25, -0.2) is 0 Å². The van der Waals surface area contributed by atoms with Gasteiger partial charge in [-0.05, 0) is 49.2 Å². The van der Waals surface area contributed by atoms with Crippen LogP contribution in [0.5, 0.6) is 0 Å². The van der Waals surface area contributed by atoms with Gasteiger partial charge in [0.05, 0.1) is 6.16 Å². The van der Waals surface area contributed by atoms with Gasteiger partial charge in [0.1, 0.15) is 23.2 Å². The molecular weight excluding hydrogens is 419 g/mol. The van der Waals surface area contributed by atoms with Crippen LogP contribution >= 0.6 is 7.26 Å². The topological polar surface area (TPSA) is 37.3 Å². The Morgan fingerprint density at radius 2 is 1.04 bits per heavy atom. The predicted molar refractivity (Wildman–Crippen MR) is 112 cm³/mol. The van der Waals surface area contributed by atoms with Gasteiger partial charge < -0.3 is 22.1 Å². The minimum Gasteiger partial charge on any atom is -1.00 e. The summed E-state index contributed by atoms with van der Waals surface area (Å²) in [6, 6.07) is 32.2. The van der Waals surface area contributed by atoms with E-state index in [0.717, 1.165) is 12.6 Å². The maximum Gasteiger partial charge on any atom is 0.303 e. The number of hydrogen-bond donors (Lipinski definition) is 1. The molecule has 140 valence electrons. The summed E-state index contributed by atoms with van der Waals surface area (Å²) in [6.45, 7) is 0. The highest BCUT2D eigenvalue weighted by atomic mass is 79.9. The molecule has 0 spiro atoms. The summed E-state index contributed by atoms with van der Waals surface area (Å²) >= 11 is 0. The Morgan fingerprint density at radius 1 is 0.667 bits per heavy atom. The van der Waals surface area contributed by atoms with Crippen LogP contribution in [0, 0.1) is 0 Å². The number of carbonyl (C=O) groups is 1. The van der Waals surface area contributed by atoms with Crippen LogP contribution in [0.2, 0.25) is 0 Å². The molecule has 0 atom stereocenters. The molecule has 3 aromatic rings. The van der Waals surface area contributed by atoms with Crippen LogP contribution in [-0.2, 0) is 4.79 Å². The Kier molecular flexibility index (Phi) is 8.22. The van der Waals surface area contributed by atoms with Crippen LogP contribution in [0.15, 0.2) is 91.0 Å². The van der Waals surface area contributed by atoms with Gasteiger partial charge >= 0.3 is 5.97 Å². The fraction of sp³-hybridized carbons (Fsp3) is 0.174. The van der Waals surface area contributed by atoms with E-state index in [1.165, 1.54) is 15.9 Å². The molecule has 3 rings (SSSR count). The lowest BCUT2D eigenvalue weighted by molar-refractivity contribution is -0.137. The molecule has 3 aromatic carbocycles. The zero-order valence-corrected chi connectivity index (χ0v) is 17.6. The first-order valence-electron chi connectivity index (χ1n) is 9.00. The van der Waals surface area contributed by atoms with Crippen LogP contribution in [0.1, 0.15) is 19.3 Å². The molecule has 0 amide bonds. The number of carboxylic acid groups (broad SMARTS) is 1. The maximum atomic E-state index is 10.9. The zero-order valence-electron chi connectivity index (χ0n) is 15.2. The standard InChI is InChI=1S/C23H23O2P.BrH/c24-23(25)18-10-11-19-26(20-12-4-1-5-13-20,21-14-6-2-7-15-21)22-16-8-3-9-17-22;/h1-9,12-17H,10-11,18-19H2;1H. The Morgan fingerprint density at radius 3 is 1.37 bits per heavy atom. The van der Waals surface area contributed by atoms with E-state index in [9.17, 15) is 4.79 Å². The molecule has 0 fully saturated rings. The molecule has 0 aromatic heterocycles. The van der Waals surface area contributed by atoms with Gasteiger partial charge in [-0.15, -0.1) is 0 Å². The van der Waals surface area contributed by atoms with Crippen molar-refractivity contribution < 1.29 is 26.9 Å². The van der Waals surface area contributed by atoms with Gasteiger partial charge in [0.25, 0.3) is 0 Å². The lowest BCUT2D eigenvalue weighted by Crippen LogP contribution is -3.00. The molecule has 0 unspecified atom stereocenters. The number of benzene rings is 3. The van der Waals surface area contributed by atoms with Crippen molar-refractivity contribution in [3.8, 4) is 0 Å². The summed E-state index contributed by atoms with van der Waals surface area (Å²) in [6.07, 6.45) is 2.83. The second-order valence-electron chi connectivity index (χ2n) is 6.39. The van der Waals surface area contributed by atoms with Gasteiger partial charge in [0.15, 0.2) is 0 Å². The third kappa shape index (κ3) is 5.06. The molecular formula is C23H24BrO2P. The third-order valence-electron chi connectivity index (χ3n) is 4.73. The number of hydrogen-bond acceptors (Lipinski definition) is 1. The first-order valence-corrected chi connectivity index (χ1v) is 11.0. The van der Waals surface area contributed by atoms with Crippen molar-refractivity contribution in [2.45, 2.75) is 19.3 Å². The molecule has 4 heteroatoms. The normalized spacial score (nSPS) is 10.8. The number of unbranched alkanes of at least 4 members (excludes halogenated alkanes) is 1. The molecule has 0 radical (unpaired) electrons. The fourth-order valence-corrected chi connectivity index (χ4v) is 7.92. The molecule has 0 aliphatic heterocycles. The van der Waals surface area contributed by atoms with Crippen LogP contribution in [0.3, 0.4) is 0 Å². The lowest BCUT2D eigenvalue weighted by Gasteiger charge is -2.27. The Hall–Kier alpha value is -1.96. The molecule has 0 bridgehead atoms. The molecule has 0 heterocycles. The van der Waals surface area contributed by atoms with Crippen LogP contribution in [0.25, 0.3) is 0 Å². The summed E-state index contributed by atoms with van der Waals surface area (Å²) < 4.78 is 0. The quantitative estimate of drug-likeness (QED) is 0.421. The van der Waals surface area contributed by atoms with Gasteiger partial charge in [-0.3, -0.25) is 4.79 Å². The molecule has 1 N–H and O–H groups in total. The highest BCUT2D eigenvalue weighted by molar-refractivity contribution is 7.95. The molecule has 27 heavy (non-hydrogen) atoms. The van der Waals surface area contributed by atoms with Crippen LogP contribution in [0.4, 0.5) is 0 Å². The van der Waals surface area contributed by atoms with Gasteiger partial charge in [0, 0.05) is 6.42 Å². The van der Waals surface area contributed by atoms with Crippen LogP contribution in [-0.4, -0.2) is 17.2 Å². The van der Waals surface area contributed by atoms with Gasteiger partial charge in [-0.1, -0.05) is 54.6 Å². The number of rotatable bonds is 8. The third-order valence-corrected chi connectivity index (χ3v) is 9.25. The largest absolute Gasteiger partial charge is 1.00 e. The van der Waals surface area contributed by atoms with Crippen molar-refractivity contribution >= 4 is 29.1 Å². The molecule has 0 aliphatic rings. The van der Waals surface area contributed by atoms with E-state index < -0.39 is 13.2 Å². The van der Waals surface area contributed by atoms with Crippen molar-refractivity contribution in [2.24, 2.45) is 0 Å². The summed E-state index contributed by atoms with van der Waals surface area (Å²) in [7, 11) is -1.81. The van der Waals surface area contributed by atoms with Gasteiger partial charge in [0.2, 0.25) is 0 Å². The van der Waals surface area contributed by atoms with E-state index in [-0.39, 0.29) is 23.4 Å². The second kappa shape index (κ2) is 10.4. The average molecular weight is 443 g/mol. The van der Waals surface area contributed by atoms with E-state index in [4.69, 9.17) is 5.11 Å². The first kappa shape index (κ1) is 21.3. The SMILES string of the molecule is O=C(O)CCCC[P+](c1ccccc1)(c1ccccc1)c1ccccc1.[Br-]. The van der Waals surface area contributed by atoms with E-state index in [0.29, 0.717) is 6.42 Å². The number of aliphatic carboxylic acids is 1. The summed E-state index contributed by atoms with van der Waals surface area (Å²) in [5.74, 6) is -0.715. The van der Waals surface area contributed by atoms with E-state index in [1.807, 2.05) is 0 Å². The first-order chi connectivity index (χ1) is 12.7. The molecule has 0 saturated carbocycles. The fourth-order valence-electron chi connectivity index (χ4n) is 3.51. The Bertz CT molecular complexity index is 726. The highest BCUT2D eigenvalue weighted by Gasteiger charge is 2.44. The second-order valence-corrected chi connectivity index (χ2v) is 10.0. The maximum absolute atomic E-state index is 10.9. The zero-order chi connectivity index (χ0) is 18.2. The van der Waals surface area contributed by atoms with Crippen LogP contribution < -0.4 is 32.9 Å². The van der Waals surface area contributed by atoms with E-state index >= 15 is 0 Å². The smallest absolute Gasteiger partial charge is 0.303 e. The number of carboxylic acids is 1. The minimum atomic E-state index is -1.81. The highest BCUT2D eigenvalue weighted by Crippen LogP contribution is 2.55. The summed E-state index contributed by atoms with van der Waals surface area (Å²) in [5.41, 5.74) is 0. The van der Waals surface area contributed by atoms with Crippen molar-refractivity contribution in [2.75, 3.05) is 6.16 Å². The lowest BCUT2D eigenvalue weighted by atomic mass is 10.2.